The van der Waals surface area contributed by atoms with Crippen LogP contribution in [0.4, 0.5) is 5.69 Å². The molecular weight excluding hydrogens is 270 g/mol. The lowest BCUT2D eigenvalue weighted by atomic mass is 9.90. The average molecular weight is 291 g/mol. The fourth-order valence-corrected chi connectivity index (χ4v) is 2.84. The van der Waals surface area contributed by atoms with E-state index >= 15 is 0 Å². The highest BCUT2D eigenvalue weighted by molar-refractivity contribution is 5.95. The quantitative estimate of drug-likeness (QED) is 0.682. The number of hydrogen-bond acceptors (Lipinski definition) is 4. The van der Waals surface area contributed by atoms with Crippen molar-refractivity contribution in [3.8, 4) is 0 Å². The Kier molecular flexibility index (Phi) is 4.57. The number of aryl methyl sites for hydroxylation is 1. The van der Waals surface area contributed by atoms with Gasteiger partial charge in [-0.1, -0.05) is 13.3 Å². The van der Waals surface area contributed by atoms with Crippen molar-refractivity contribution in [2.45, 2.75) is 32.7 Å². The standard InChI is InChI=1S/C15H21N3O3/c1-3-11-9-17(5-4-14(11)16)15(19)12-6-10(2)7-13(8-12)18(20)21/h6-8,11,14H,3-5,9,16H2,1-2H3. The molecule has 6 heteroatoms. The van der Waals surface area contributed by atoms with Crippen LogP contribution in [0.2, 0.25) is 0 Å². The number of nitrogens with two attached hydrogens (primary N) is 1. The van der Waals surface area contributed by atoms with E-state index in [1.165, 1.54) is 12.1 Å². The van der Waals surface area contributed by atoms with Crippen LogP contribution in [0.3, 0.4) is 0 Å². The maximum Gasteiger partial charge on any atom is 0.270 e. The molecule has 0 radical (unpaired) electrons. The summed E-state index contributed by atoms with van der Waals surface area (Å²) >= 11 is 0. The van der Waals surface area contributed by atoms with Crippen LogP contribution in [0.25, 0.3) is 0 Å². The lowest BCUT2D eigenvalue weighted by Gasteiger charge is -2.36. The number of carbonyl (C=O) groups is 1. The molecule has 2 N–H and O–H groups in total. The highest BCUT2D eigenvalue weighted by Gasteiger charge is 2.29. The number of benzene rings is 1. The summed E-state index contributed by atoms with van der Waals surface area (Å²) in [5, 5.41) is 10.9. The zero-order valence-corrected chi connectivity index (χ0v) is 12.4. The second-order valence-electron chi connectivity index (χ2n) is 5.69. The SMILES string of the molecule is CCC1CN(C(=O)c2cc(C)cc([N+](=O)[O-])c2)CCC1N. The molecule has 0 aliphatic carbocycles. The molecule has 1 heterocycles. The monoisotopic (exact) mass is 291 g/mol. The fourth-order valence-electron chi connectivity index (χ4n) is 2.84. The van der Waals surface area contributed by atoms with Crippen molar-refractivity contribution in [3.05, 3.63) is 39.4 Å². The van der Waals surface area contributed by atoms with Gasteiger partial charge < -0.3 is 10.6 Å². The van der Waals surface area contributed by atoms with E-state index < -0.39 is 4.92 Å². The van der Waals surface area contributed by atoms with Gasteiger partial charge in [0.05, 0.1) is 4.92 Å². The summed E-state index contributed by atoms with van der Waals surface area (Å²) in [5.41, 5.74) is 7.11. The van der Waals surface area contributed by atoms with Gasteiger partial charge in [-0.3, -0.25) is 14.9 Å². The van der Waals surface area contributed by atoms with Gasteiger partial charge in [-0.25, -0.2) is 0 Å². The van der Waals surface area contributed by atoms with Crippen LogP contribution in [0.15, 0.2) is 18.2 Å². The highest BCUT2D eigenvalue weighted by atomic mass is 16.6. The van der Waals surface area contributed by atoms with Crippen LogP contribution in [-0.4, -0.2) is 34.9 Å². The van der Waals surface area contributed by atoms with E-state index in [4.69, 9.17) is 5.73 Å². The molecule has 1 amide bonds. The Morgan fingerprint density at radius 3 is 2.81 bits per heavy atom. The topological polar surface area (TPSA) is 89.5 Å². The third kappa shape index (κ3) is 3.39. The molecule has 1 aromatic rings. The molecule has 0 bridgehead atoms. The van der Waals surface area contributed by atoms with E-state index in [0.717, 1.165) is 12.8 Å². The van der Waals surface area contributed by atoms with Crippen molar-refractivity contribution < 1.29 is 9.72 Å². The highest BCUT2D eigenvalue weighted by Crippen LogP contribution is 2.23. The number of piperidine rings is 1. The maximum atomic E-state index is 12.6. The van der Waals surface area contributed by atoms with E-state index in [0.29, 0.717) is 30.1 Å². The minimum Gasteiger partial charge on any atom is -0.338 e. The van der Waals surface area contributed by atoms with Gasteiger partial charge in [-0.2, -0.15) is 0 Å². The Morgan fingerprint density at radius 1 is 1.48 bits per heavy atom. The molecular formula is C15H21N3O3. The number of rotatable bonds is 3. The lowest BCUT2D eigenvalue weighted by Crippen LogP contribution is -2.49. The number of hydrogen-bond donors (Lipinski definition) is 1. The molecule has 1 aliphatic rings. The summed E-state index contributed by atoms with van der Waals surface area (Å²) in [6, 6.07) is 4.65. The summed E-state index contributed by atoms with van der Waals surface area (Å²) in [5.74, 6) is 0.148. The molecule has 0 spiro atoms. The van der Waals surface area contributed by atoms with Crippen molar-refractivity contribution in [1.82, 2.24) is 4.90 Å². The number of carbonyl (C=O) groups excluding carboxylic acids is 1. The lowest BCUT2D eigenvalue weighted by molar-refractivity contribution is -0.384. The van der Waals surface area contributed by atoms with Gasteiger partial charge in [0.15, 0.2) is 0 Å². The third-order valence-corrected chi connectivity index (χ3v) is 4.12. The number of likely N-dealkylation sites (tertiary alicyclic amines) is 1. The molecule has 1 saturated heterocycles. The summed E-state index contributed by atoms with van der Waals surface area (Å²) < 4.78 is 0. The van der Waals surface area contributed by atoms with E-state index in [1.54, 1.807) is 17.9 Å². The molecule has 0 saturated carbocycles. The van der Waals surface area contributed by atoms with Crippen molar-refractivity contribution >= 4 is 11.6 Å². The van der Waals surface area contributed by atoms with Gasteiger partial charge >= 0.3 is 0 Å². The molecule has 2 atom stereocenters. The molecule has 2 unspecified atom stereocenters. The molecule has 1 fully saturated rings. The molecule has 2 rings (SSSR count). The first-order chi connectivity index (χ1) is 9.92. The number of nitro benzene ring substituents is 1. The van der Waals surface area contributed by atoms with Gasteiger partial charge in [0.2, 0.25) is 0 Å². The Morgan fingerprint density at radius 2 is 2.19 bits per heavy atom. The summed E-state index contributed by atoms with van der Waals surface area (Å²) in [4.78, 5) is 24.8. The van der Waals surface area contributed by atoms with Crippen molar-refractivity contribution in [2.75, 3.05) is 13.1 Å². The molecule has 1 aliphatic heterocycles. The largest absolute Gasteiger partial charge is 0.338 e. The Hall–Kier alpha value is -1.95. The predicted molar refractivity (Wildman–Crippen MR) is 80.1 cm³/mol. The van der Waals surface area contributed by atoms with Crippen LogP contribution in [0.1, 0.15) is 35.7 Å². The van der Waals surface area contributed by atoms with E-state index in [2.05, 4.69) is 6.92 Å². The minimum atomic E-state index is -0.468. The van der Waals surface area contributed by atoms with Crippen LogP contribution in [0.5, 0.6) is 0 Å². The van der Waals surface area contributed by atoms with Gasteiger partial charge in [0.1, 0.15) is 0 Å². The van der Waals surface area contributed by atoms with Crippen LogP contribution >= 0.6 is 0 Å². The normalized spacial score (nSPS) is 22.1. The first-order valence-corrected chi connectivity index (χ1v) is 7.23. The fraction of sp³-hybridized carbons (Fsp3) is 0.533. The van der Waals surface area contributed by atoms with Crippen LogP contribution in [-0.2, 0) is 0 Å². The first kappa shape index (κ1) is 15.4. The zero-order valence-electron chi connectivity index (χ0n) is 12.4. The second-order valence-corrected chi connectivity index (χ2v) is 5.69. The van der Waals surface area contributed by atoms with Crippen molar-refractivity contribution in [2.24, 2.45) is 11.7 Å². The summed E-state index contributed by atoms with van der Waals surface area (Å²) in [6.07, 6.45) is 1.71. The third-order valence-electron chi connectivity index (χ3n) is 4.12. The Bertz CT molecular complexity index is 559. The van der Waals surface area contributed by atoms with E-state index in [9.17, 15) is 14.9 Å². The van der Waals surface area contributed by atoms with E-state index in [-0.39, 0.29) is 17.6 Å². The summed E-state index contributed by atoms with van der Waals surface area (Å²) in [7, 11) is 0. The van der Waals surface area contributed by atoms with Gasteiger partial charge in [-0.05, 0) is 30.9 Å². The second kappa shape index (κ2) is 6.22. The minimum absolute atomic E-state index is 0.0425. The van der Waals surface area contributed by atoms with E-state index in [1.807, 2.05) is 0 Å². The van der Waals surface area contributed by atoms with Gasteiger partial charge in [0, 0.05) is 36.8 Å². The molecule has 6 nitrogen and oxygen atoms in total. The molecule has 21 heavy (non-hydrogen) atoms. The Balaban J connectivity index is 2.22. The van der Waals surface area contributed by atoms with Crippen LogP contribution < -0.4 is 5.73 Å². The molecule has 1 aromatic carbocycles. The van der Waals surface area contributed by atoms with Crippen LogP contribution in [0, 0.1) is 23.0 Å². The number of nitrogens with zero attached hydrogens (tertiary/aromatic N) is 2. The number of amides is 1. The number of nitro groups is 1. The van der Waals surface area contributed by atoms with Crippen molar-refractivity contribution in [3.63, 3.8) is 0 Å². The average Bonchev–Trinajstić information content (AvgIpc) is 2.46. The maximum absolute atomic E-state index is 12.6. The smallest absolute Gasteiger partial charge is 0.270 e. The number of non-ortho nitro benzene ring substituents is 1. The van der Waals surface area contributed by atoms with Gasteiger partial charge in [-0.15, -0.1) is 0 Å². The van der Waals surface area contributed by atoms with Gasteiger partial charge in [0.25, 0.3) is 11.6 Å². The summed E-state index contributed by atoms with van der Waals surface area (Å²) in [6.45, 7) is 5.05. The van der Waals surface area contributed by atoms with Crippen molar-refractivity contribution in [1.29, 1.82) is 0 Å². The Labute approximate surface area is 124 Å². The predicted octanol–water partition coefficient (Wildman–Crippen LogP) is 2.10. The molecule has 114 valence electrons. The first-order valence-electron chi connectivity index (χ1n) is 7.23. The molecule has 0 aromatic heterocycles. The zero-order chi connectivity index (χ0) is 15.6.